The number of aryl methyl sites for hydroxylation is 1. The Bertz CT molecular complexity index is 468. The highest BCUT2D eigenvalue weighted by atomic mass is 16.4. The lowest BCUT2D eigenvalue weighted by Gasteiger charge is -2.25. The number of carbonyl (C=O) groups is 2. The third-order valence-electron chi connectivity index (χ3n) is 2.87. The van der Waals surface area contributed by atoms with Crippen LogP contribution in [0, 0.1) is 0 Å². The molecule has 1 rings (SSSR count). The van der Waals surface area contributed by atoms with Gasteiger partial charge >= 0.3 is 12.0 Å². The summed E-state index contributed by atoms with van der Waals surface area (Å²) in [4.78, 5) is 22.2. The van der Waals surface area contributed by atoms with Crippen LogP contribution in [0.4, 0.5) is 4.79 Å². The van der Waals surface area contributed by atoms with Crippen LogP contribution in [0.3, 0.4) is 0 Å². The van der Waals surface area contributed by atoms with Gasteiger partial charge in [-0.3, -0.25) is 9.48 Å². The van der Waals surface area contributed by atoms with Gasteiger partial charge in [0.15, 0.2) is 0 Å². The summed E-state index contributed by atoms with van der Waals surface area (Å²) in [6.07, 6.45) is 4.78. The molecular weight excluding hydrogens is 260 g/mol. The van der Waals surface area contributed by atoms with Crippen molar-refractivity contribution in [3.63, 3.8) is 0 Å². The molecule has 0 spiro atoms. The highest BCUT2D eigenvalue weighted by Gasteiger charge is 2.21. The molecule has 0 fully saturated rings. The second kappa shape index (κ2) is 6.93. The van der Waals surface area contributed by atoms with E-state index < -0.39 is 11.5 Å². The number of hydrogen-bond donors (Lipinski definition) is 3. The van der Waals surface area contributed by atoms with Crippen LogP contribution in [0.25, 0.3) is 0 Å². The Balaban J connectivity index is 2.27. The number of rotatable bonds is 7. The van der Waals surface area contributed by atoms with E-state index in [1.807, 2.05) is 13.2 Å². The van der Waals surface area contributed by atoms with E-state index in [0.29, 0.717) is 19.4 Å². The van der Waals surface area contributed by atoms with E-state index in [4.69, 9.17) is 5.11 Å². The average Bonchev–Trinajstić information content (AvgIpc) is 2.72. The van der Waals surface area contributed by atoms with E-state index >= 15 is 0 Å². The fourth-order valence-electron chi connectivity index (χ4n) is 1.75. The Kier molecular flexibility index (Phi) is 5.54. The second-order valence-corrected chi connectivity index (χ2v) is 5.43. The van der Waals surface area contributed by atoms with E-state index in [1.54, 1.807) is 24.7 Å². The average molecular weight is 282 g/mol. The number of carbonyl (C=O) groups excluding carboxylic acids is 1. The van der Waals surface area contributed by atoms with Gasteiger partial charge in [0.2, 0.25) is 0 Å². The zero-order chi connectivity index (χ0) is 15.2. The molecule has 0 aliphatic carbocycles. The van der Waals surface area contributed by atoms with Crippen LogP contribution in [0.2, 0.25) is 0 Å². The van der Waals surface area contributed by atoms with Gasteiger partial charge in [0.1, 0.15) is 0 Å². The zero-order valence-electron chi connectivity index (χ0n) is 12.1. The predicted octanol–water partition coefficient (Wildman–Crippen LogP) is 0.905. The first-order valence-corrected chi connectivity index (χ1v) is 6.54. The van der Waals surface area contributed by atoms with Crippen molar-refractivity contribution in [2.75, 3.05) is 6.54 Å². The fraction of sp³-hybridized carbons (Fsp3) is 0.615. The van der Waals surface area contributed by atoms with Crippen molar-refractivity contribution in [1.29, 1.82) is 0 Å². The summed E-state index contributed by atoms with van der Waals surface area (Å²) in [5.74, 6) is -0.864. The Morgan fingerprint density at radius 1 is 1.45 bits per heavy atom. The van der Waals surface area contributed by atoms with E-state index in [1.165, 1.54) is 0 Å². The molecule has 7 nitrogen and oxygen atoms in total. The summed E-state index contributed by atoms with van der Waals surface area (Å²) in [6, 6.07) is -0.288. The van der Waals surface area contributed by atoms with Gasteiger partial charge in [-0.05, 0) is 32.3 Å². The Hall–Kier alpha value is -2.05. The topological polar surface area (TPSA) is 96.2 Å². The van der Waals surface area contributed by atoms with Crippen LogP contribution < -0.4 is 10.6 Å². The Morgan fingerprint density at radius 2 is 2.15 bits per heavy atom. The summed E-state index contributed by atoms with van der Waals surface area (Å²) < 4.78 is 1.71. The summed E-state index contributed by atoms with van der Waals surface area (Å²) in [6.45, 7) is 4.11. The molecule has 1 aromatic rings. The lowest BCUT2D eigenvalue weighted by Crippen LogP contribution is -2.48. The number of nitrogens with one attached hydrogen (secondary N) is 2. The molecule has 0 aromatic carbocycles. The maximum absolute atomic E-state index is 11.7. The first kappa shape index (κ1) is 16.0. The summed E-state index contributed by atoms with van der Waals surface area (Å²) in [7, 11) is 1.84. The minimum absolute atomic E-state index is 0.0307. The highest BCUT2D eigenvalue weighted by molar-refractivity contribution is 5.74. The van der Waals surface area contributed by atoms with Crippen molar-refractivity contribution in [3.8, 4) is 0 Å². The monoisotopic (exact) mass is 282 g/mol. The molecule has 1 heterocycles. The lowest BCUT2D eigenvalue weighted by atomic mass is 9.99. The standard InChI is InChI=1S/C13H22N4O3/c1-13(2,6-4-11(18)19)16-12(20)14-7-5-10-8-15-17(3)9-10/h8-9H,4-7H2,1-3H3,(H,18,19)(H2,14,16,20). The molecule has 7 heteroatoms. The summed E-state index contributed by atoms with van der Waals surface area (Å²) >= 11 is 0. The smallest absolute Gasteiger partial charge is 0.315 e. The molecule has 3 N–H and O–H groups in total. The highest BCUT2D eigenvalue weighted by Crippen LogP contribution is 2.10. The first-order chi connectivity index (χ1) is 9.28. The van der Waals surface area contributed by atoms with Crippen molar-refractivity contribution in [2.45, 2.75) is 38.6 Å². The zero-order valence-corrected chi connectivity index (χ0v) is 12.1. The minimum Gasteiger partial charge on any atom is -0.481 e. The van der Waals surface area contributed by atoms with Gasteiger partial charge in [-0.1, -0.05) is 0 Å². The quantitative estimate of drug-likeness (QED) is 0.692. The van der Waals surface area contributed by atoms with Gasteiger partial charge in [-0.25, -0.2) is 4.79 Å². The molecule has 1 aromatic heterocycles. The third kappa shape index (κ3) is 6.21. The molecule has 0 atom stereocenters. The fourth-order valence-corrected chi connectivity index (χ4v) is 1.75. The maximum Gasteiger partial charge on any atom is 0.315 e. The molecule has 0 bridgehead atoms. The number of urea groups is 1. The van der Waals surface area contributed by atoms with Crippen LogP contribution in [-0.2, 0) is 18.3 Å². The number of carboxylic acids is 1. The molecule has 20 heavy (non-hydrogen) atoms. The van der Waals surface area contributed by atoms with Gasteiger partial charge in [0.05, 0.1) is 6.20 Å². The van der Waals surface area contributed by atoms with Crippen LogP contribution in [-0.4, -0.2) is 39.0 Å². The van der Waals surface area contributed by atoms with Crippen molar-refractivity contribution in [1.82, 2.24) is 20.4 Å². The lowest BCUT2D eigenvalue weighted by molar-refractivity contribution is -0.137. The third-order valence-corrected chi connectivity index (χ3v) is 2.87. The van der Waals surface area contributed by atoms with Crippen molar-refractivity contribution in [3.05, 3.63) is 18.0 Å². The molecule has 2 amide bonds. The molecule has 0 saturated carbocycles. The predicted molar refractivity (Wildman–Crippen MR) is 74.4 cm³/mol. The number of aliphatic carboxylic acids is 1. The maximum atomic E-state index is 11.7. The molecule has 0 aliphatic rings. The molecule has 0 radical (unpaired) electrons. The van der Waals surface area contributed by atoms with Crippen LogP contribution in [0.5, 0.6) is 0 Å². The van der Waals surface area contributed by atoms with Gasteiger partial charge in [0, 0.05) is 31.7 Å². The van der Waals surface area contributed by atoms with Crippen molar-refractivity contribution < 1.29 is 14.7 Å². The molecule has 0 saturated heterocycles. The molecule has 0 aliphatic heterocycles. The number of hydrogen-bond acceptors (Lipinski definition) is 3. The van der Waals surface area contributed by atoms with E-state index in [0.717, 1.165) is 5.56 Å². The van der Waals surface area contributed by atoms with Crippen LogP contribution in [0.1, 0.15) is 32.3 Å². The Labute approximate surface area is 118 Å². The van der Waals surface area contributed by atoms with Gasteiger partial charge in [-0.15, -0.1) is 0 Å². The molecular formula is C13H22N4O3. The number of carboxylic acid groups (broad SMARTS) is 1. The van der Waals surface area contributed by atoms with Gasteiger partial charge in [-0.2, -0.15) is 5.10 Å². The normalized spacial score (nSPS) is 11.2. The van der Waals surface area contributed by atoms with Gasteiger partial charge < -0.3 is 15.7 Å². The second-order valence-electron chi connectivity index (χ2n) is 5.43. The summed E-state index contributed by atoms with van der Waals surface area (Å²) in [5, 5.41) is 18.2. The first-order valence-electron chi connectivity index (χ1n) is 6.54. The number of nitrogens with zero attached hydrogens (tertiary/aromatic N) is 2. The number of aromatic nitrogens is 2. The molecule has 0 unspecified atom stereocenters. The van der Waals surface area contributed by atoms with Crippen LogP contribution in [0.15, 0.2) is 12.4 Å². The van der Waals surface area contributed by atoms with E-state index in [9.17, 15) is 9.59 Å². The van der Waals surface area contributed by atoms with Crippen molar-refractivity contribution >= 4 is 12.0 Å². The SMILES string of the molecule is Cn1cc(CCNC(=O)NC(C)(C)CCC(=O)O)cn1. The van der Waals surface area contributed by atoms with E-state index in [-0.39, 0.29) is 12.5 Å². The minimum atomic E-state index is -0.864. The van der Waals surface area contributed by atoms with Crippen molar-refractivity contribution in [2.24, 2.45) is 7.05 Å². The van der Waals surface area contributed by atoms with E-state index in [2.05, 4.69) is 15.7 Å². The number of amides is 2. The molecule has 112 valence electrons. The largest absolute Gasteiger partial charge is 0.481 e. The summed E-state index contributed by atoms with van der Waals surface area (Å²) in [5.41, 5.74) is 0.509. The van der Waals surface area contributed by atoms with Crippen LogP contribution >= 0.6 is 0 Å². The van der Waals surface area contributed by atoms with Gasteiger partial charge in [0.25, 0.3) is 0 Å². The Morgan fingerprint density at radius 3 is 2.70 bits per heavy atom.